The molecule has 130 valence electrons. The Kier molecular flexibility index (Phi) is 3.96. The van der Waals surface area contributed by atoms with Crippen molar-refractivity contribution in [1.82, 2.24) is 24.6 Å². The van der Waals surface area contributed by atoms with Crippen molar-refractivity contribution < 1.29 is 9.18 Å². The van der Waals surface area contributed by atoms with E-state index < -0.39 is 0 Å². The lowest BCUT2D eigenvalue weighted by molar-refractivity contribution is 0.0783. The van der Waals surface area contributed by atoms with Gasteiger partial charge in [0, 0.05) is 23.6 Å². The van der Waals surface area contributed by atoms with Crippen LogP contribution in [0.25, 0.3) is 16.6 Å². The van der Waals surface area contributed by atoms with Crippen LogP contribution in [0.2, 0.25) is 0 Å². The maximum absolute atomic E-state index is 13.3. The molecule has 1 amide bonds. The van der Waals surface area contributed by atoms with Crippen LogP contribution in [-0.2, 0) is 6.54 Å². The van der Waals surface area contributed by atoms with Crippen LogP contribution in [0.4, 0.5) is 4.39 Å². The lowest BCUT2D eigenvalue weighted by Gasteiger charge is -2.18. The Hall–Kier alpha value is -3.48. The highest BCUT2D eigenvalue weighted by atomic mass is 19.1. The van der Waals surface area contributed by atoms with E-state index in [4.69, 9.17) is 0 Å². The number of carbonyl (C=O) groups excluding carboxylic acids is 1. The Morgan fingerprint density at radius 3 is 2.88 bits per heavy atom. The standard InChI is InChI=1S/C19H16FN5O/c1-24(10-15-9-13-8-14(20)6-7-17(13)23-15)19(26)16-4-2-3-5-18(16)25-12-21-11-22-25/h2-9,11-12,23H,10H2,1H3. The van der Waals surface area contributed by atoms with Crippen LogP contribution in [0.5, 0.6) is 0 Å². The van der Waals surface area contributed by atoms with Gasteiger partial charge in [-0.25, -0.2) is 14.1 Å². The fraction of sp³-hybridized carbons (Fsp3) is 0.105. The fourth-order valence-corrected chi connectivity index (χ4v) is 2.97. The van der Waals surface area contributed by atoms with E-state index in [2.05, 4.69) is 15.1 Å². The smallest absolute Gasteiger partial charge is 0.256 e. The number of hydrogen-bond donors (Lipinski definition) is 1. The first-order chi connectivity index (χ1) is 12.6. The lowest BCUT2D eigenvalue weighted by Crippen LogP contribution is -2.27. The van der Waals surface area contributed by atoms with Gasteiger partial charge in [-0.2, -0.15) is 5.10 Å². The molecule has 0 spiro atoms. The quantitative estimate of drug-likeness (QED) is 0.615. The molecule has 0 radical (unpaired) electrons. The van der Waals surface area contributed by atoms with Crippen molar-refractivity contribution in [2.75, 3.05) is 7.05 Å². The predicted octanol–water partition coefficient (Wildman–Crippen LogP) is 3.16. The number of carbonyl (C=O) groups is 1. The molecule has 0 saturated carbocycles. The van der Waals surface area contributed by atoms with Gasteiger partial charge in [-0.3, -0.25) is 4.79 Å². The average molecular weight is 349 g/mol. The van der Waals surface area contributed by atoms with Gasteiger partial charge in [0.15, 0.2) is 0 Å². The van der Waals surface area contributed by atoms with Gasteiger partial charge in [0.2, 0.25) is 0 Å². The van der Waals surface area contributed by atoms with Crippen molar-refractivity contribution in [3.63, 3.8) is 0 Å². The number of hydrogen-bond acceptors (Lipinski definition) is 3. The number of fused-ring (bicyclic) bond motifs is 1. The second kappa shape index (κ2) is 6.44. The van der Waals surface area contributed by atoms with E-state index in [9.17, 15) is 9.18 Å². The molecule has 2 aromatic heterocycles. The number of rotatable bonds is 4. The van der Waals surface area contributed by atoms with Crippen molar-refractivity contribution in [1.29, 1.82) is 0 Å². The van der Waals surface area contributed by atoms with E-state index in [1.165, 1.54) is 18.5 Å². The summed E-state index contributed by atoms with van der Waals surface area (Å²) in [5, 5.41) is 4.88. The van der Waals surface area contributed by atoms with E-state index in [1.54, 1.807) is 35.1 Å². The van der Waals surface area contributed by atoms with E-state index in [0.717, 1.165) is 16.6 Å². The van der Waals surface area contributed by atoms with E-state index in [0.29, 0.717) is 17.8 Å². The van der Waals surface area contributed by atoms with Gasteiger partial charge in [-0.1, -0.05) is 12.1 Å². The molecule has 4 rings (SSSR count). The Bertz CT molecular complexity index is 1070. The summed E-state index contributed by atoms with van der Waals surface area (Å²) in [5.74, 6) is -0.421. The summed E-state index contributed by atoms with van der Waals surface area (Å²) < 4.78 is 14.9. The zero-order valence-electron chi connectivity index (χ0n) is 14.1. The molecule has 0 saturated heterocycles. The Balaban J connectivity index is 1.60. The number of nitrogens with one attached hydrogen (secondary N) is 1. The first-order valence-corrected chi connectivity index (χ1v) is 8.08. The molecule has 0 aliphatic rings. The van der Waals surface area contributed by atoms with E-state index in [-0.39, 0.29) is 11.7 Å². The van der Waals surface area contributed by atoms with Crippen molar-refractivity contribution in [3.8, 4) is 5.69 Å². The first kappa shape index (κ1) is 16.0. The molecule has 26 heavy (non-hydrogen) atoms. The molecular weight excluding hydrogens is 333 g/mol. The molecule has 0 atom stereocenters. The normalized spacial score (nSPS) is 11.0. The minimum atomic E-state index is -0.283. The molecule has 0 aliphatic heterocycles. The van der Waals surface area contributed by atoms with Gasteiger partial charge < -0.3 is 9.88 Å². The molecular formula is C19H16FN5O. The molecule has 4 aromatic rings. The van der Waals surface area contributed by atoms with Gasteiger partial charge in [0.1, 0.15) is 18.5 Å². The molecule has 1 N–H and O–H groups in total. The van der Waals surface area contributed by atoms with Gasteiger partial charge in [0.05, 0.1) is 17.8 Å². The highest BCUT2D eigenvalue weighted by Crippen LogP contribution is 2.19. The number of nitrogens with zero attached hydrogens (tertiary/aromatic N) is 4. The molecule has 0 aliphatic carbocycles. The minimum absolute atomic E-state index is 0.138. The largest absolute Gasteiger partial charge is 0.357 e. The topological polar surface area (TPSA) is 66.8 Å². The van der Waals surface area contributed by atoms with Crippen LogP contribution in [-0.4, -0.2) is 37.6 Å². The van der Waals surface area contributed by atoms with Gasteiger partial charge in [-0.05, 0) is 36.4 Å². The molecule has 7 heteroatoms. The first-order valence-electron chi connectivity index (χ1n) is 8.08. The highest BCUT2D eigenvalue weighted by Gasteiger charge is 2.18. The summed E-state index contributed by atoms with van der Waals surface area (Å²) >= 11 is 0. The van der Waals surface area contributed by atoms with Crippen LogP contribution in [0.15, 0.2) is 61.2 Å². The molecule has 2 aromatic carbocycles. The van der Waals surface area contributed by atoms with Crippen molar-refractivity contribution >= 4 is 16.8 Å². The summed E-state index contributed by atoms with van der Waals surface area (Å²) in [6, 6.07) is 13.7. The monoisotopic (exact) mass is 349 g/mol. The number of para-hydroxylation sites is 1. The Morgan fingerprint density at radius 1 is 1.23 bits per heavy atom. The van der Waals surface area contributed by atoms with Crippen molar-refractivity contribution in [2.24, 2.45) is 0 Å². The fourth-order valence-electron chi connectivity index (χ4n) is 2.97. The number of aromatic nitrogens is 4. The summed E-state index contributed by atoms with van der Waals surface area (Å²) in [5.41, 5.74) is 2.87. The van der Waals surface area contributed by atoms with E-state index in [1.807, 2.05) is 24.3 Å². The summed E-state index contributed by atoms with van der Waals surface area (Å²) in [4.78, 5) is 21.7. The number of benzene rings is 2. The lowest BCUT2D eigenvalue weighted by atomic mass is 10.1. The van der Waals surface area contributed by atoms with Gasteiger partial charge in [0.25, 0.3) is 5.91 Å². The SMILES string of the molecule is CN(Cc1cc2cc(F)ccc2[nH]1)C(=O)c1ccccc1-n1cncn1. The molecule has 0 fully saturated rings. The van der Waals surface area contributed by atoms with Crippen molar-refractivity contribution in [2.45, 2.75) is 6.54 Å². The summed E-state index contributed by atoms with van der Waals surface area (Å²) in [6.07, 6.45) is 2.98. The number of amides is 1. The molecule has 6 nitrogen and oxygen atoms in total. The second-order valence-electron chi connectivity index (χ2n) is 6.04. The van der Waals surface area contributed by atoms with Crippen LogP contribution in [0, 0.1) is 5.82 Å². The zero-order chi connectivity index (χ0) is 18.1. The Morgan fingerprint density at radius 2 is 2.08 bits per heavy atom. The minimum Gasteiger partial charge on any atom is -0.357 e. The Labute approximate surface area is 148 Å². The maximum Gasteiger partial charge on any atom is 0.256 e. The molecule has 0 bridgehead atoms. The van der Waals surface area contributed by atoms with E-state index >= 15 is 0 Å². The predicted molar refractivity (Wildman–Crippen MR) is 95.4 cm³/mol. The van der Waals surface area contributed by atoms with Crippen LogP contribution in [0.3, 0.4) is 0 Å². The maximum atomic E-state index is 13.3. The number of H-pyrrole nitrogens is 1. The zero-order valence-corrected chi connectivity index (χ0v) is 14.1. The molecule has 0 unspecified atom stereocenters. The molecule has 2 heterocycles. The number of aromatic amines is 1. The second-order valence-corrected chi connectivity index (χ2v) is 6.04. The van der Waals surface area contributed by atoms with Crippen LogP contribution in [0.1, 0.15) is 16.1 Å². The van der Waals surface area contributed by atoms with Crippen LogP contribution >= 0.6 is 0 Å². The average Bonchev–Trinajstić information content (AvgIpc) is 3.30. The highest BCUT2D eigenvalue weighted by molar-refractivity contribution is 5.97. The third-order valence-corrected chi connectivity index (χ3v) is 4.19. The van der Waals surface area contributed by atoms with Crippen molar-refractivity contribution in [3.05, 3.63) is 78.3 Å². The summed E-state index contributed by atoms with van der Waals surface area (Å²) in [6.45, 7) is 0.376. The third kappa shape index (κ3) is 2.95. The number of halogens is 1. The van der Waals surface area contributed by atoms with Gasteiger partial charge in [-0.15, -0.1) is 0 Å². The van der Waals surface area contributed by atoms with Crippen LogP contribution < -0.4 is 0 Å². The summed E-state index contributed by atoms with van der Waals surface area (Å²) in [7, 11) is 1.73. The third-order valence-electron chi connectivity index (χ3n) is 4.19. The van der Waals surface area contributed by atoms with Gasteiger partial charge >= 0.3 is 0 Å².